The lowest BCUT2D eigenvalue weighted by molar-refractivity contribution is -0.137. The van der Waals surface area contributed by atoms with Gasteiger partial charge in [-0.15, -0.1) is 0 Å². The number of aliphatic hydroxyl groups excluding tert-OH is 1. The second kappa shape index (κ2) is 17.8. The first-order chi connectivity index (χ1) is 9.04. The quantitative estimate of drug-likeness (QED) is 0.424. The molecule has 0 aromatic rings. The van der Waals surface area contributed by atoms with Crippen LogP contribution in [-0.4, -0.2) is 27.9 Å². The molecule has 0 rings (SSSR count). The molecule has 0 aromatic heterocycles. The third-order valence-corrected chi connectivity index (χ3v) is 3.13. The molecule has 0 saturated carbocycles. The standard InChI is InChI=1S/C8H17FO.C6H11BrO2/c1-2-3-4-5-6-7-8(9)10;7-5-3-1-2-4-6(8)9/h8,10H,2-7H2,1H3;1-5H2,(H,8,9). The minimum Gasteiger partial charge on any atom is -0.481 e. The van der Waals surface area contributed by atoms with Gasteiger partial charge in [-0.1, -0.05) is 55.0 Å². The van der Waals surface area contributed by atoms with E-state index in [1.54, 1.807) is 0 Å². The smallest absolute Gasteiger partial charge is 0.303 e. The van der Waals surface area contributed by atoms with E-state index in [4.69, 9.17) is 10.2 Å². The van der Waals surface area contributed by atoms with Gasteiger partial charge in [0.15, 0.2) is 6.36 Å². The van der Waals surface area contributed by atoms with Crippen LogP contribution in [0.2, 0.25) is 0 Å². The highest BCUT2D eigenvalue weighted by molar-refractivity contribution is 9.09. The van der Waals surface area contributed by atoms with E-state index in [2.05, 4.69) is 22.9 Å². The van der Waals surface area contributed by atoms with Gasteiger partial charge in [0.1, 0.15) is 0 Å². The number of aliphatic carboxylic acids is 1. The molecular weight excluding hydrogens is 315 g/mol. The van der Waals surface area contributed by atoms with Gasteiger partial charge in [-0.2, -0.15) is 0 Å². The average molecular weight is 343 g/mol. The number of halogens is 2. The van der Waals surface area contributed by atoms with Gasteiger partial charge in [0.2, 0.25) is 0 Å². The lowest BCUT2D eigenvalue weighted by atomic mass is 10.1. The predicted molar refractivity (Wildman–Crippen MR) is 80.4 cm³/mol. The van der Waals surface area contributed by atoms with Crippen LogP contribution in [0.5, 0.6) is 0 Å². The number of alkyl halides is 2. The summed E-state index contributed by atoms with van der Waals surface area (Å²) >= 11 is 3.27. The molecule has 0 saturated heterocycles. The third-order valence-electron chi connectivity index (χ3n) is 2.57. The van der Waals surface area contributed by atoms with Crippen molar-refractivity contribution in [1.82, 2.24) is 0 Å². The Labute approximate surface area is 124 Å². The molecule has 0 bridgehead atoms. The van der Waals surface area contributed by atoms with Gasteiger partial charge in [-0.05, 0) is 19.3 Å². The van der Waals surface area contributed by atoms with Crippen molar-refractivity contribution in [2.24, 2.45) is 0 Å². The lowest BCUT2D eigenvalue weighted by Crippen LogP contribution is -1.95. The van der Waals surface area contributed by atoms with E-state index in [9.17, 15) is 9.18 Å². The summed E-state index contributed by atoms with van der Waals surface area (Å²) in [7, 11) is 0. The Morgan fingerprint density at radius 1 is 1.11 bits per heavy atom. The molecule has 0 aromatic carbocycles. The van der Waals surface area contributed by atoms with E-state index in [0.717, 1.165) is 37.4 Å². The fourth-order valence-corrected chi connectivity index (χ4v) is 1.86. The zero-order valence-electron chi connectivity index (χ0n) is 11.9. The number of hydrogen-bond acceptors (Lipinski definition) is 2. The van der Waals surface area contributed by atoms with E-state index < -0.39 is 12.3 Å². The summed E-state index contributed by atoms with van der Waals surface area (Å²) in [6, 6.07) is 0. The molecule has 116 valence electrons. The summed E-state index contributed by atoms with van der Waals surface area (Å²) in [5.41, 5.74) is 0. The molecule has 0 fully saturated rings. The average Bonchev–Trinajstić information content (AvgIpc) is 2.35. The van der Waals surface area contributed by atoms with Crippen LogP contribution < -0.4 is 0 Å². The molecule has 0 radical (unpaired) electrons. The van der Waals surface area contributed by atoms with Crippen molar-refractivity contribution < 1.29 is 19.4 Å². The molecule has 3 nitrogen and oxygen atoms in total. The number of unbranched alkanes of at least 4 members (excludes halogenated alkanes) is 6. The Balaban J connectivity index is 0. The SMILES string of the molecule is CCCCCCCC(O)F.O=C(O)CCCCCBr. The maximum Gasteiger partial charge on any atom is 0.303 e. The molecule has 0 aliphatic carbocycles. The zero-order valence-corrected chi connectivity index (χ0v) is 13.5. The Morgan fingerprint density at radius 3 is 2.16 bits per heavy atom. The maximum atomic E-state index is 11.8. The number of carboxylic acids is 1. The topological polar surface area (TPSA) is 57.5 Å². The molecular formula is C14H28BrFO3. The highest BCUT2D eigenvalue weighted by atomic mass is 79.9. The number of aliphatic hydroxyl groups is 1. The first-order valence-electron chi connectivity index (χ1n) is 7.14. The van der Waals surface area contributed by atoms with Crippen LogP contribution in [0.4, 0.5) is 4.39 Å². The van der Waals surface area contributed by atoms with Crippen LogP contribution in [0, 0.1) is 0 Å². The Kier molecular flexibility index (Phi) is 19.9. The van der Waals surface area contributed by atoms with Crippen molar-refractivity contribution in [3.8, 4) is 0 Å². The molecule has 5 heteroatoms. The summed E-state index contributed by atoms with van der Waals surface area (Å²) < 4.78 is 11.8. The Morgan fingerprint density at radius 2 is 1.68 bits per heavy atom. The van der Waals surface area contributed by atoms with E-state index in [0.29, 0.717) is 12.8 Å². The molecule has 0 amide bonds. The van der Waals surface area contributed by atoms with Crippen molar-refractivity contribution in [2.45, 2.75) is 77.5 Å². The van der Waals surface area contributed by atoms with E-state index in [-0.39, 0.29) is 0 Å². The van der Waals surface area contributed by atoms with Crippen molar-refractivity contribution in [3.63, 3.8) is 0 Å². The minimum atomic E-state index is -1.60. The second-order valence-corrected chi connectivity index (χ2v) is 5.32. The molecule has 2 N–H and O–H groups in total. The van der Waals surface area contributed by atoms with Crippen LogP contribution in [0.25, 0.3) is 0 Å². The fourth-order valence-electron chi connectivity index (χ4n) is 1.46. The van der Waals surface area contributed by atoms with Gasteiger partial charge in [-0.25, -0.2) is 4.39 Å². The Bertz CT molecular complexity index is 190. The maximum absolute atomic E-state index is 11.8. The van der Waals surface area contributed by atoms with Gasteiger partial charge in [0, 0.05) is 18.2 Å². The first-order valence-corrected chi connectivity index (χ1v) is 8.26. The highest BCUT2D eigenvalue weighted by Gasteiger charge is 1.97. The summed E-state index contributed by atoms with van der Waals surface area (Å²) in [5, 5.41) is 17.4. The summed E-state index contributed by atoms with van der Waals surface area (Å²) in [6.45, 7) is 2.14. The van der Waals surface area contributed by atoms with Crippen molar-refractivity contribution in [2.75, 3.05) is 5.33 Å². The van der Waals surface area contributed by atoms with E-state index in [1.165, 1.54) is 19.3 Å². The second-order valence-electron chi connectivity index (χ2n) is 4.53. The monoisotopic (exact) mass is 342 g/mol. The molecule has 0 aliphatic rings. The van der Waals surface area contributed by atoms with Crippen molar-refractivity contribution in [1.29, 1.82) is 0 Å². The highest BCUT2D eigenvalue weighted by Crippen LogP contribution is 2.07. The van der Waals surface area contributed by atoms with Crippen LogP contribution in [0.3, 0.4) is 0 Å². The van der Waals surface area contributed by atoms with E-state index in [1.807, 2.05) is 0 Å². The number of carboxylic acid groups (broad SMARTS) is 1. The van der Waals surface area contributed by atoms with Gasteiger partial charge >= 0.3 is 5.97 Å². The largest absolute Gasteiger partial charge is 0.481 e. The Hall–Kier alpha value is -0.160. The predicted octanol–water partition coefficient (Wildman–Crippen LogP) is 4.66. The van der Waals surface area contributed by atoms with Gasteiger partial charge < -0.3 is 10.2 Å². The van der Waals surface area contributed by atoms with Crippen LogP contribution in [-0.2, 0) is 4.79 Å². The van der Waals surface area contributed by atoms with Gasteiger partial charge in [0.25, 0.3) is 0 Å². The van der Waals surface area contributed by atoms with Crippen LogP contribution in [0.1, 0.15) is 71.1 Å². The minimum absolute atomic E-state index is 0.309. The number of rotatable bonds is 11. The normalized spacial score (nSPS) is 11.6. The van der Waals surface area contributed by atoms with E-state index >= 15 is 0 Å². The van der Waals surface area contributed by atoms with Gasteiger partial charge in [0.05, 0.1) is 0 Å². The van der Waals surface area contributed by atoms with Crippen LogP contribution >= 0.6 is 15.9 Å². The molecule has 0 heterocycles. The van der Waals surface area contributed by atoms with Gasteiger partial charge in [-0.3, -0.25) is 4.79 Å². The third kappa shape index (κ3) is 27.2. The van der Waals surface area contributed by atoms with Crippen molar-refractivity contribution >= 4 is 21.9 Å². The zero-order chi connectivity index (χ0) is 14.9. The lowest BCUT2D eigenvalue weighted by Gasteiger charge is -1.99. The molecule has 0 aliphatic heterocycles. The van der Waals surface area contributed by atoms with Crippen LogP contribution in [0.15, 0.2) is 0 Å². The first kappa shape index (κ1) is 21.1. The summed E-state index contributed by atoms with van der Waals surface area (Å²) in [5.74, 6) is -0.690. The number of carbonyl (C=O) groups is 1. The molecule has 19 heavy (non-hydrogen) atoms. The number of hydrogen-bond donors (Lipinski definition) is 2. The fraction of sp³-hybridized carbons (Fsp3) is 0.929. The molecule has 0 spiro atoms. The molecule has 1 unspecified atom stereocenters. The summed E-state index contributed by atoms with van der Waals surface area (Å²) in [6.07, 6.45) is 7.39. The molecule has 1 atom stereocenters. The summed E-state index contributed by atoms with van der Waals surface area (Å²) in [4.78, 5) is 9.95. The van der Waals surface area contributed by atoms with Crippen molar-refractivity contribution in [3.05, 3.63) is 0 Å².